The van der Waals surface area contributed by atoms with E-state index in [2.05, 4.69) is 20.1 Å². The third-order valence-corrected chi connectivity index (χ3v) is 9.21. The zero-order valence-electron chi connectivity index (χ0n) is 23.5. The standard InChI is InChI=1S/C32H24FN7O3S/c1-18-3-8-25(9-4-18)44(42,43)40-29-12-20(22-11-23(33)16-35-15-22)5-6-21(29)13-30(40)31(41)26-17-36-39(32(26)34)24-7-10-27-28(14-24)38-19(2)37-27/h3-17H,34H2,1-2H3,(H,37,38). The van der Waals surface area contributed by atoms with E-state index in [1.807, 2.05) is 26.0 Å². The van der Waals surface area contributed by atoms with Gasteiger partial charge in [-0.1, -0.05) is 29.8 Å². The van der Waals surface area contributed by atoms with Gasteiger partial charge >= 0.3 is 0 Å². The molecule has 4 heterocycles. The van der Waals surface area contributed by atoms with Gasteiger partial charge in [0.25, 0.3) is 10.0 Å². The van der Waals surface area contributed by atoms with Crippen molar-refractivity contribution < 1.29 is 17.6 Å². The van der Waals surface area contributed by atoms with Gasteiger partial charge in [0.2, 0.25) is 5.78 Å². The molecule has 4 aromatic heterocycles. The van der Waals surface area contributed by atoms with Gasteiger partial charge < -0.3 is 10.7 Å². The average Bonchev–Trinajstić information content (AvgIpc) is 3.70. The number of ketones is 1. The second-order valence-corrected chi connectivity index (χ2v) is 12.3. The van der Waals surface area contributed by atoms with Crippen molar-refractivity contribution >= 4 is 43.6 Å². The predicted octanol–water partition coefficient (Wildman–Crippen LogP) is 5.57. The minimum atomic E-state index is -4.28. The molecule has 0 unspecified atom stereocenters. The molecule has 12 heteroatoms. The molecule has 0 saturated heterocycles. The first-order valence-electron chi connectivity index (χ1n) is 13.5. The highest BCUT2D eigenvalue weighted by atomic mass is 32.2. The fourth-order valence-electron chi connectivity index (χ4n) is 5.29. The van der Waals surface area contributed by atoms with Crippen molar-refractivity contribution in [2.75, 3.05) is 5.73 Å². The smallest absolute Gasteiger partial charge is 0.268 e. The lowest BCUT2D eigenvalue weighted by Crippen LogP contribution is -2.19. The number of benzene rings is 3. The normalized spacial score (nSPS) is 11.9. The summed E-state index contributed by atoms with van der Waals surface area (Å²) in [6.45, 7) is 3.70. The molecule has 0 radical (unpaired) electrons. The molecular weight excluding hydrogens is 581 g/mol. The molecule has 218 valence electrons. The van der Waals surface area contributed by atoms with E-state index in [4.69, 9.17) is 5.73 Å². The highest BCUT2D eigenvalue weighted by Gasteiger charge is 2.29. The Morgan fingerprint density at radius 3 is 2.48 bits per heavy atom. The van der Waals surface area contributed by atoms with Gasteiger partial charge in [0.05, 0.1) is 45.1 Å². The van der Waals surface area contributed by atoms with Crippen LogP contribution in [0.25, 0.3) is 38.8 Å². The van der Waals surface area contributed by atoms with Gasteiger partial charge in [-0.15, -0.1) is 0 Å². The molecule has 0 spiro atoms. The lowest BCUT2D eigenvalue weighted by molar-refractivity contribution is 0.103. The Bertz CT molecular complexity index is 2370. The highest BCUT2D eigenvalue weighted by molar-refractivity contribution is 7.90. The largest absolute Gasteiger partial charge is 0.383 e. The second-order valence-electron chi connectivity index (χ2n) is 10.5. The highest BCUT2D eigenvalue weighted by Crippen LogP contribution is 2.32. The molecule has 7 aromatic rings. The van der Waals surface area contributed by atoms with Crippen molar-refractivity contribution in [1.82, 2.24) is 28.7 Å². The van der Waals surface area contributed by atoms with Gasteiger partial charge in [-0.2, -0.15) is 5.10 Å². The summed E-state index contributed by atoms with van der Waals surface area (Å²) in [6.07, 6.45) is 3.89. The van der Waals surface area contributed by atoms with Crippen molar-refractivity contribution in [3.05, 3.63) is 120 Å². The number of aromatic nitrogens is 6. The second kappa shape index (κ2) is 9.99. The molecule has 44 heavy (non-hydrogen) atoms. The van der Waals surface area contributed by atoms with Crippen LogP contribution in [-0.4, -0.2) is 42.9 Å². The summed E-state index contributed by atoms with van der Waals surface area (Å²) in [7, 11) is -4.28. The fourth-order valence-corrected chi connectivity index (χ4v) is 6.79. The number of halogens is 1. The number of nitrogen functional groups attached to an aromatic ring is 1. The van der Waals surface area contributed by atoms with Crippen LogP contribution in [-0.2, 0) is 10.0 Å². The van der Waals surface area contributed by atoms with Crippen molar-refractivity contribution in [2.45, 2.75) is 18.7 Å². The number of fused-ring (bicyclic) bond motifs is 2. The number of carbonyl (C=O) groups is 1. The van der Waals surface area contributed by atoms with E-state index in [0.29, 0.717) is 22.2 Å². The number of rotatable bonds is 6. The van der Waals surface area contributed by atoms with Crippen LogP contribution in [0.4, 0.5) is 10.2 Å². The Morgan fingerprint density at radius 1 is 0.909 bits per heavy atom. The number of hydrogen-bond donors (Lipinski definition) is 2. The molecule has 0 fully saturated rings. The van der Waals surface area contributed by atoms with Gasteiger partial charge in [0, 0.05) is 17.1 Å². The summed E-state index contributed by atoms with van der Waals surface area (Å²) in [4.78, 5) is 25.6. The summed E-state index contributed by atoms with van der Waals surface area (Å²) in [5.74, 6) is -0.369. The third-order valence-electron chi connectivity index (χ3n) is 7.47. The number of carbonyl (C=O) groups excluding carboxylic acids is 1. The summed E-state index contributed by atoms with van der Waals surface area (Å²) >= 11 is 0. The van der Waals surface area contributed by atoms with Crippen LogP contribution in [0.15, 0.2) is 96.3 Å². The quantitative estimate of drug-likeness (QED) is 0.236. The Balaban J connectivity index is 1.40. The third kappa shape index (κ3) is 4.43. The van der Waals surface area contributed by atoms with Crippen LogP contribution in [0.2, 0.25) is 0 Å². The molecule has 3 aromatic carbocycles. The minimum Gasteiger partial charge on any atom is -0.383 e. The van der Waals surface area contributed by atoms with E-state index < -0.39 is 21.6 Å². The number of anilines is 1. The van der Waals surface area contributed by atoms with Gasteiger partial charge in [-0.25, -0.2) is 26.4 Å². The molecule has 0 aliphatic rings. The first-order chi connectivity index (χ1) is 21.1. The van der Waals surface area contributed by atoms with E-state index in [1.165, 1.54) is 41.3 Å². The van der Waals surface area contributed by atoms with Crippen molar-refractivity contribution in [1.29, 1.82) is 0 Å². The summed E-state index contributed by atoms with van der Waals surface area (Å²) in [5, 5.41) is 4.85. The predicted molar refractivity (Wildman–Crippen MR) is 165 cm³/mol. The molecule has 7 rings (SSSR count). The number of nitrogens with zero attached hydrogens (tertiary/aromatic N) is 5. The van der Waals surface area contributed by atoms with E-state index in [0.717, 1.165) is 32.6 Å². The van der Waals surface area contributed by atoms with Crippen LogP contribution in [0.3, 0.4) is 0 Å². The van der Waals surface area contributed by atoms with Crippen molar-refractivity contribution in [3.8, 4) is 16.8 Å². The first-order valence-corrected chi connectivity index (χ1v) is 15.0. The van der Waals surface area contributed by atoms with Gasteiger partial charge in [0.15, 0.2) is 0 Å². The molecule has 0 aliphatic carbocycles. The van der Waals surface area contributed by atoms with Crippen molar-refractivity contribution in [2.24, 2.45) is 0 Å². The number of nitrogens with two attached hydrogens (primary N) is 1. The van der Waals surface area contributed by atoms with E-state index in [9.17, 15) is 17.6 Å². The van der Waals surface area contributed by atoms with Crippen LogP contribution >= 0.6 is 0 Å². The maximum atomic E-state index is 14.2. The Kier molecular flexibility index (Phi) is 6.18. The van der Waals surface area contributed by atoms with Crippen LogP contribution in [0, 0.1) is 19.7 Å². The lowest BCUT2D eigenvalue weighted by atomic mass is 10.1. The fraction of sp³-hybridized carbons (Fsp3) is 0.0625. The molecule has 0 aliphatic heterocycles. The zero-order chi connectivity index (χ0) is 30.7. The minimum absolute atomic E-state index is 0.000652. The molecule has 3 N–H and O–H groups in total. The van der Waals surface area contributed by atoms with Crippen LogP contribution in [0.5, 0.6) is 0 Å². The number of pyridine rings is 1. The monoisotopic (exact) mass is 605 g/mol. The average molecular weight is 606 g/mol. The van der Waals surface area contributed by atoms with E-state index in [-0.39, 0.29) is 27.5 Å². The van der Waals surface area contributed by atoms with Crippen LogP contribution in [0.1, 0.15) is 27.4 Å². The number of nitrogens with one attached hydrogen (secondary N) is 1. The van der Waals surface area contributed by atoms with E-state index >= 15 is 0 Å². The first kappa shape index (κ1) is 27.2. The molecule has 0 amide bonds. The Hall–Kier alpha value is -5.62. The number of hydrogen-bond acceptors (Lipinski definition) is 7. The number of aryl methyl sites for hydroxylation is 2. The maximum Gasteiger partial charge on any atom is 0.268 e. The van der Waals surface area contributed by atoms with Gasteiger partial charge in [0.1, 0.15) is 23.2 Å². The number of imidazole rings is 1. The van der Waals surface area contributed by atoms with Gasteiger partial charge in [-0.05, 0) is 67.9 Å². The summed E-state index contributed by atoms with van der Waals surface area (Å²) in [5.41, 5.74) is 10.6. The lowest BCUT2D eigenvalue weighted by Gasteiger charge is -2.13. The molecule has 10 nitrogen and oxygen atoms in total. The van der Waals surface area contributed by atoms with E-state index in [1.54, 1.807) is 36.4 Å². The summed E-state index contributed by atoms with van der Waals surface area (Å²) < 4.78 is 44.8. The van der Waals surface area contributed by atoms with Crippen LogP contribution < -0.4 is 5.73 Å². The topological polar surface area (TPSA) is 142 Å². The van der Waals surface area contributed by atoms with Gasteiger partial charge in [-0.3, -0.25) is 9.78 Å². The van der Waals surface area contributed by atoms with Crippen molar-refractivity contribution in [3.63, 3.8) is 0 Å². The maximum absolute atomic E-state index is 14.2. The number of H-pyrrole nitrogens is 1. The Morgan fingerprint density at radius 2 is 1.70 bits per heavy atom. The molecular formula is C32H24FN7O3S. The molecule has 0 bridgehead atoms. The zero-order valence-corrected chi connectivity index (χ0v) is 24.3. The summed E-state index contributed by atoms with van der Waals surface area (Å²) in [6, 6.07) is 19.6. The number of aromatic amines is 1. The Labute approximate surface area is 250 Å². The SMILES string of the molecule is Cc1ccc(S(=O)(=O)n2c(C(=O)c3cnn(-c4ccc5nc(C)[nH]c5c4)c3N)cc3ccc(-c4cncc(F)c4)cc32)cc1. The molecule has 0 saturated carbocycles. The molecule has 0 atom stereocenters.